The first-order chi connectivity index (χ1) is 13.3. The number of hydrogen-bond acceptors (Lipinski definition) is 5. The van der Waals surface area contributed by atoms with E-state index in [1.165, 1.54) is 21.9 Å². The summed E-state index contributed by atoms with van der Waals surface area (Å²) in [6.45, 7) is 4.97. The zero-order valence-corrected chi connectivity index (χ0v) is 17.8. The van der Waals surface area contributed by atoms with Crippen molar-refractivity contribution in [1.29, 1.82) is 0 Å². The highest BCUT2D eigenvalue weighted by atomic mass is 32.2. The molecule has 0 fully saturated rings. The summed E-state index contributed by atoms with van der Waals surface area (Å²) >= 11 is 1.40. The zero-order chi connectivity index (χ0) is 20.3. The fraction of sp³-hybridized carbons (Fsp3) is 0.368. The molecule has 1 amide bonds. The van der Waals surface area contributed by atoms with Crippen LogP contribution in [0.1, 0.15) is 28.7 Å². The number of carbonyl (C=O) groups excluding carboxylic acids is 1. The molecule has 2 aromatic heterocycles. The molecule has 0 aliphatic rings. The summed E-state index contributed by atoms with van der Waals surface area (Å²) in [5, 5.41) is 8.43. The second-order valence-corrected chi connectivity index (χ2v) is 9.54. The number of aryl methyl sites for hydroxylation is 1. The third-order valence-corrected chi connectivity index (χ3v) is 6.95. The van der Waals surface area contributed by atoms with Crippen LogP contribution in [0.5, 0.6) is 0 Å². The highest BCUT2D eigenvalue weighted by molar-refractivity contribution is 7.88. The standard InChI is InChI=1S/C19H24N4O3S2/c1-4-22(28(3,25)26)12-8-11-20-18(24)17-13-16-14(2)21-23(19(16)27-17)15-9-6-5-7-10-15/h5-7,9-10,13H,4,8,11-12H2,1-3H3,(H,20,24). The van der Waals surface area contributed by atoms with E-state index in [2.05, 4.69) is 10.4 Å². The van der Waals surface area contributed by atoms with Gasteiger partial charge >= 0.3 is 0 Å². The Morgan fingerprint density at radius 1 is 1.29 bits per heavy atom. The number of carbonyl (C=O) groups is 1. The van der Waals surface area contributed by atoms with Gasteiger partial charge in [0, 0.05) is 25.0 Å². The summed E-state index contributed by atoms with van der Waals surface area (Å²) in [5.74, 6) is -0.150. The number of nitrogens with zero attached hydrogens (tertiary/aromatic N) is 3. The van der Waals surface area contributed by atoms with Crippen molar-refractivity contribution in [3.05, 3.63) is 47.0 Å². The van der Waals surface area contributed by atoms with Crippen LogP contribution in [0.4, 0.5) is 0 Å². The lowest BCUT2D eigenvalue weighted by atomic mass is 10.3. The largest absolute Gasteiger partial charge is 0.351 e. The number of aromatic nitrogens is 2. The molecule has 0 atom stereocenters. The summed E-state index contributed by atoms with van der Waals surface area (Å²) in [6, 6.07) is 11.7. The van der Waals surface area contributed by atoms with Crippen LogP contribution >= 0.6 is 11.3 Å². The molecule has 0 saturated carbocycles. The minimum Gasteiger partial charge on any atom is -0.351 e. The molecule has 7 nitrogen and oxygen atoms in total. The maximum Gasteiger partial charge on any atom is 0.261 e. The van der Waals surface area contributed by atoms with Gasteiger partial charge in [-0.1, -0.05) is 25.1 Å². The van der Waals surface area contributed by atoms with Crippen LogP contribution in [0.2, 0.25) is 0 Å². The van der Waals surface area contributed by atoms with Gasteiger partial charge in [0.05, 0.1) is 22.5 Å². The van der Waals surface area contributed by atoms with Crippen LogP contribution in [0.3, 0.4) is 0 Å². The van der Waals surface area contributed by atoms with Gasteiger partial charge in [0.15, 0.2) is 0 Å². The molecule has 0 radical (unpaired) electrons. The predicted octanol–water partition coefficient (Wildman–Crippen LogP) is 2.80. The van der Waals surface area contributed by atoms with Crippen molar-refractivity contribution in [3.8, 4) is 5.69 Å². The summed E-state index contributed by atoms with van der Waals surface area (Å²) in [5.41, 5.74) is 1.83. The van der Waals surface area contributed by atoms with E-state index >= 15 is 0 Å². The Bertz CT molecular complexity index is 1070. The van der Waals surface area contributed by atoms with Crippen LogP contribution in [-0.4, -0.2) is 54.3 Å². The zero-order valence-electron chi connectivity index (χ0n) is 16.2. The van der Waals surface area contributed by atoms with Crippen molar-refractivity contribution >= 4 is 37.5 Å². The molecule has 3 aromatic rings. The minimum atomic E-state index is -3.20. The third-order valence-electron chi connectivity index (χ3n) is 4.46. The predicted molar refractivity (Wildman–Crippen MR) is 113 cm³/mol. The molecule has 0 saturated heterocycles. The normalized spacial score (nSPS) is 12.0. The number of fused-ring (bicyclic) bond motifs is 1. The molecule has 0 aliphatic carbocycles. The molecule has 28 heavy (non-hydrogen) atoms. The van der Waals surface area contributed by atoms with Crippen molar-refractivity contribution in [3.63, 3.8) is 0 Å². The smallest absolute Gasteiger partial charge is 0.261 e. The van der Waals surface area contributed by atoms with Crippen molar-refractivity contribution in [1.82, 2.24) is 19.4 Å². The van der Waals surface area contributed by atoms with Gasteiger partial charge in [0.25, 0.3) is 5.91 Å². The Kier molecular flexibility index (Phi) is 6.17. The molecule has 1 N–H and O–H groups in total. The molecule has 0 spiro atoms. The van der Waals surface area contributed by atoms with Gasteiger partial charge in [-0.3, -0.25) is 4.79 Å². The fourth-order valence-electron chi connectivity index (χ4n) is 3.01. The average Bonchev–Trinajstić information content (AvgIpc) is 3.22. The molecular weight excluding hydrogens is 396 g/mol. The average molecular weight is 421 g/mol. The van der Waals surface area contributed by atoms with Crippen LogP contribution in [0.25, 0.3) is 15.9 Å². The van der Waals surface area contributed by atoms with Crippen molar-refractivity contribution in [2.24, 2.45) is 0 Å². The number of sulfonamides is 1. The van der Waals surface area contributed by atoms with E-state index in [0.717, 1.165) is 21.6 Å². The SMILES string of the molecule is CCN(CCCNC(=O)c1cc2c(C)nn(-c3ccccc3)c2s1)S(C)(=O)=O. The van der Waals surface area contributed by atoms with Crippen LogP contribution in [0.15, 0.2) is 36.4 Å². The number of para-hydroxylation sites is 1. The van der Waals surface area contributed by atoms with Crippen molar-refractivity contribution in [2.45, 2.75) is 20.3 Å². The van der Waals surface area contributed by atoms with Crippen LogP contribution < -0.4 is 5.32 Å². The van der Waals surface area contributed by atoms with Crippen LogP contribution in [-0.2, 0) is 10.0 Å². The van der Waals surface area contributed by atoms with Gasteiger partial charge in [-0.15, -0.1) is 11.3 Å². The van der Waals surface area contributed by atoms with E-state index in [1.807, 2.05) is 48.0 Å². The molecular formula is C19H24N4O3S2. The number of amides is 1. The second kappa shape index (κ2) is 8.42. The Balaban J connectivity index is 1.68. The van der Waals surface area contributed by atoms with Gasteiger partial charge in [-0.05, 0) is 31.5 Å². The summed E-state index contributed by atoms with van der Waals surface area (Å²) in [7, 11) is -3.20. The van der Waals surface area contributed by atoms with E-state index in [-0.39, 0.29) is 5.91 Å². The highest BCUT2D eigenvalue weighted by Gasteiger charge is 2.17. The van der Waals surface area contributed by atoms with Crippen molar-refractivity contribution < 1.29 is 13.2 Å². The fourth-order valence-corrected chi connectivity index (χ4v) is 5.04. The van der Waals surface area contributed by atoms with Gasteiger partial charge < -0.3 is 5.32 Å². The molecule has 0 bridgehead atoms. The maximum absolute atomic E-state index is 12.5. The first-order valence-corrected chi connectivity index (χ1v) is 11.8. The van der Waals surface area contributed by atoms with Gasteiger partial charge in [-0.25, -0.2) is 17.4 Å². The first kappa shape index (κ1) is 20.5. The molecule has 150 valence electrons. The quantitative estimate of drug-likeness (QED) is 0.568. The number of benzene rings is 1. The summed E-state index contributed by atoms with van der Waals surface area (Å²) in [4.78, 5) is 14.1. The Hall–Kier alpha value is -2.23. The molecule has 3 rings (SSSR count). The highest BCUT2D eigenvalue weighted by Crippen LogP contribution is 2.30. The number of hydrogen-bond donors (Lipinski definition) is 1. The van der Waals surface area contributed by atoms with E-state index < -0.39 is 10.0 Å². The van der Waals surface area contributed by atoms with Crippen LogP contribution in [0, 0.1) is 6.92 Å². The van der Waals surface area contributed by atoms with E-state index in [1.54, 1.807) is 6.92 Å². The molecule has 2 heterocycles. The maximum atomic E-state index is 12.5. The van der Waals surface area contributed by atoms with E-state index in [9.17, 15) is 13.2 Å². The Labute approximate surface area is 169 Å². The monoisotopic (exact) mass is 420 g/mol. The van der Waals surface area contributed by atoms with E-state index in [4.69, 9.17) is 0 Å². The minimum absolute atomic E-state index is 0.150. The second-order valence-electron chi connectivity index (χ2n) is 6.53. The van der Waals surface area contributed by atoms with Gasteiger partial charge in [0.2, 0.25) is 10.0 Å². The van der Waals surface area contributed by atoms with E-state index in [0.29, 0.717) is 30.9 Å². The first-order valence-electron chi connectivity index (χ1n) is 9.09. The molecule has 1 aromatic carbocycles. The lowest BCUT2D eigenvalue weighted by Gasteiger charge is -2.17. The van der Waals surface area contributed by atoms with Gasteiger partial charge in [0.1, 0.15) is 4.83 Å². The molecule has 0 unspecified atom stereocenters. The Morgan fingerprint density at radius 2 is 2.00 bits per heavy atom. The lowest BCUT2D eigenvalue weighted by Crippen LogP contribution is -2.33. The number of nitrogens with one attached hydrogen (secondary N) is 1. The Morgan fingerprint density at radius 3 is 2.64 bits per heavy atom. The number of thiophene rings is 1. The van der Waals surface area contributed by atoms with Crippen molar-refractivity contribution in [2.75, 3.05) is 25.9 Å². The topological polar surface area (TPSA) is 84.3 Å². The summed E-state index contributed by atoms with van der Waals surface area (Å²) in [6.07, 6.45) is 1.76. The molecule has 0 aliphatic heterocycles. The molecule has 9 heteroatoms. The third kappa shape index (κ3) is 4.43. The number of rotatable bonds is 8. The summed E-state index contributed by atoms with van der Waals surface area (Å²) < 4.78 is 26.4. The lowest BCUT2D eigenvalue weighted by molar-refractivity contribution is 0.0957. The van der Waals surface area contributed by atoms with Gasteiger partial charge in [-0.2, -0.15) is 5.10 Å².